The molecule has 5 rings (SSSR count). The molecule has 5 atom stereocenters. The highest BCUT2D eigenvalue weighted by atomic mass is 16.5. The van der Waals surface area contributed by atoms with Gasteiger partial charge in [0.2, 0.25) is 0 Å². The van der Waals surface area contributed by atoms with Crippen molar-refractivity contribution >= 4 is 11.5 Å². The molecule has 33 heavy (non-hydrogen) atoms. The van der Waals surface area contributed by atoms with Crippen molar-refractivity contribution in [2.75, 3.05) is 32.2 Å². The third-order valence-corrected chi connectivity index (χ3v) is 9.41. The summed E-state index contributed by atoms with van der Waals surface area (Å²) in [5.74, 6) is 1.53. The van der Waals surface area contributed by atoms with Crippen LogP contribution in [0.15, 0.2) is 47.1 Å². The largest absolute Gasteiger partial charge is 0.387 e. The van der Waals surface area contributed by atoms with E-state index in [0.717, 1.165) is 38.5 Å². The predicted molar refractivity (Wildman–Crippen MR) is 132 cm³/mol. The number of fused-ring (bicyclic) bond motifs is 4. The summed E-state index contributed by atoms with van der Waals surface area (Å²) in [6.07, 6.45) is 8.37. The number of ether oxygens (including phenoxy) is 1. The minimum absolute atomic E-state index is 0.173. The molecular formula is C29H39NO3. The first-order valence-electron chi connectivity index (χ1n) is 12.8. The smallest absolute Gasteiger partial charge is 0.156 e. The molecule has 0 spiro atoms. The van der Waals surface area contributed by atoms with Crippen molar-refractivity contribution in [2.24, 2.45) is 17.3 Å². The number of nitrogens with zero attached hydrogens (tertiary/aromatic N) is 1. The van der Waals surface area contributed by atoms with Crippen LogP contribution in [0.1, 0.15) is 70.3 Å². The van der Waals surface area contributed by atoms with Gasteiger partial charge in [-0.3, -0.25) is 4.79 Å². The Balaban J connectivity index is 1.62. The zero-order chi connectivity index (χ0) is 23.4. The fourth-order valence-electron chi connectivity index (χ4n) is 7.57. The molecule has 4 nitrogen and oxygen atoms in total. The van der Waals surface area contributed by atoms with Crippen molar-refractivity contribution in [3.05, 3.63) is 52.6 Å². The summed E-state index contributed by atoms with van der Waals surface area (Å²) in [4.78, 5) is 14.3. The number of carbonyl (C=O) groups excluding carboxylic acids is 1. The summed E-state index contributed by atoms with van der Waals surface area (Å²) in [5, 5.41) is 11.9. The Morgan fingerprint density at radius 3 is 2.58 bits per heavy atom. The summed E-state index contributed by atoms with van der Waals surface area (Å²) in [5.41, 5.74) is 5.94. The monoisotopic (exact) mass is 449 g/mol. The first-order chi connectivity index (χ1) is 15.8. The van der Waals surface area contributed by atoms with Crippen molar-refractivity contribution in [2.45, 2.75) is 70.3 Å². The number of hydrogen-bond acceptors (Lipinski definition) is 4. The Labute approximate surface area is 198 Å². The molecule has 178 valence electrons. The zero-order valence-corrected chi connectivity index (χ0v) is 20.7. The highest BCUT2D eigenvalue weighted by Gasteiger charge is 2.62. The molecular weight excluding hydrogens is 410 g/mol. The quantitative estimate of drug-likeness (QED) is 0.652. The average Bonchev–Trinajstić information content (AvgIpc) is 3.07. The van der Waals surface area contributed by atoms with Gasteiger partial charge in [-0.25, -0.2) is 0 Å². The van der Waals surface area contributed by atoms with E-state index in [0.29, 0.717) is 31.5 Å². The van der Waals surface area contributed by atoms with Gasteiger partial charge in [0.15, 0.2) is 5.78 Å². The van der Waals surface area contributed by atoms with E-state index in [-0.39, 0.29) is 17.1 Å². The van der Waals surface area contributed by atoms with Crippen molar-refractivity contribution in [1.29, 1.82) is 0 Å². The second kappa shape index (κ2) is 8.39. The molecule has 0 saturated heterocycles. The van der Waals surface area contributed by atoms with Crippen molar-refractivity contribution in [3.63, 3.8) is 0 Å². The molecule has 0 bridgehead atoms. The SMILES string of the molecule is CCOC[C@]1(O)CC[C@H]2[C@@H]3CCC4=CC(=O)CCC4=C3[C@@H](c3ccc(N(C)C)cc3)C[C@@]21C. The first-order valence-corrected chi connectivity index (χ1v) is 12.8. The van der Waals surface area contributed by atoms with Crippen molar-refractivity contribution in [3.8, 4) is 0 Å². The van der Waals surface area contributed by atoms with Crippen LogP contribution in [0, 0.1) is 17.3 Å². The number of allylic oxidation sites excluding steroid dienone is 4. The zero-order valence-electron chi connectivity index (χ0n) is 20.7. The Morgan fingerprint density at radius 1 is 1.12 bits per heavy atom. The number of benzene rings is 1. The lowest BCUT2D eigenvalue weighted by Gasteiger charge is -2.54. The summed E-state index contributed by atoms with van der Waals surface area (Å²) in [6, 6.07) is 9.01. The van der Waals surface area contributed by atoms with E-state index in [4.69, 9.17) is 4.74 Å². The molecule has 2 saturated carbocycles. The van der Waals surface area contributed by atoms with E-state index in [9.17, 15) is 9.90 Å². The lowest BCUT2D eigenvalue weighted by molar-refractivity contribution is -0.133. The van der Waals surface area contributed by atoms with Gasteiger partial charge in [0.05, 0.1) is 12.2 Å². The van der Waals surface area contributed by atoms with Gasteiger partial charge in [0, 0.05) is 44.1 Å². The van der Waals surface area contributed by atoms with Crippen LogP contribution >= 0.6 is 0 Å². The van der Waals surface area contributed by atoms with Gasteiger partial charge in [-0.15, -0.1) is 0 Å². The Hall–Kier alpha value is -1.91. The fourth-order valence-corrected chi connectivity index (χ4v) is 7.57. The summed E-state index contributed by atoms with van der Waals surface area (Å²) in [7, 11) is 4.15. The van der Waals surface area contributed by atoms with E-state index in [1.807, 2.05) is 13.0 Å². The van der Waals surface area contributed by atoms with Gasteiger partial charge in [0.1, 0.15) is 0 Å². The molecule has 2 fully saturated rings. The van der Waals surface area contributed by atoms with Crippen LogP contribution < -0.4 is 4.90 Å². The molecule has 4 aliphatic carbocycles. The normalized spacial score (nSPS) is 35.6. The van der Waals surface area contributed by atoms with Crippen LogP contribution in [0.4, 0.5) is 5.69 Å². The fraction of sp³-hybridized carbons (Fsp3) is 0.621. The van der Waals surface area contributed by atoms with Gasteiger partial charge >= 0.3 is 0 Å². The van der Waals surface area contributed by atoms with E-state index < -0.39 is 5.60 Å². The molecule has 1 aromatic rings. The molecule has 0 unspecified atom stereocenters. The van der Waals surface area contributed by atoms with Crippen LogP contribution in [0.2, 0.25) is 0 Å². The number of rotatable bonds is 5. The Kier molecular flexibility index (Phi) is 5.81. The molecule has 4 aliphatic rings. The second-order valence-corrected chi connectivity index (χ2v) is 11.2. The number of hydrogen-bond donors (Lipinski definition) is 1. The summed E-state index contributed by atoms with van der Waals surface area (Å²) < 4.78 is 5.84. The van der Waals surface area contributed by atoms with Gasteiger partial charge in [-0.2, -0.15) is 0 Å². The third kappa shape index (κ3) is 3.61. The van der Waals surface area contributed by atoms with Crippen molar-refractivity contribution in [1.82, 2.24) is 0 Å². The number of anilines is 1. The Morgan fingerprint density at radius 2 is 1.88 bits per heavy atom. The number of carbonyl (C=O) groups is 1. The van der Waals surface area contributed by atoms with Crippen LogP contribution in [0.3, 0.4) is 0 Å². The lowest BCUT2D eigenvalue weighted by atomic mass is 9.51. The van der Waals surface area contributed by atoms with Gasteiger partial charge in [-0.05, 0) is 92.2 Å². The van der Waals surface area contributed by atoms with E-state index in [2.05, 4.69) is 50.2 Å². The molecule has 1 aromatic carbocycles. The number of aliphatic hydroxyl groups is 1. The minimum atomic E-state index is -0.773. The van der Waals surface area contributed by atoms with Gasteiger partial charge < -0.3 is 14.7 Å². The van der Waals surface area contributed by atoms with Crippen LogP contribution in [-0.2, 0) is 9.53 Å². The standard InChI is InChI=1S/C29H39NO3/c1-5-33-18-29(32)15-14-26-24-12-8-20-16-22(31)11-13-23(20)27(24)25(17-28(26,29)2)19-6-9-21(10-7-19)30(3)4/h6-7,9-10,16,24-26,32H,5,8,11-15,17-18H2,1-4H3/t24-,25+,26-,28-,29+/m0/s1. The van der Waals surface area contributed by atoms with Gasteiger partial charge in [-0.1, -0.05) is 24.6 Å². The average molecular weight is 450 g/mol. The molecule has 0 heterocycles. The van der Waals surface area contributed by atoms with Crippen LogP contribution in [-0.4, -0.2) is 43.8 Å². The summed E-state index contributed by atoms with van der Waals surface area (Å²) in [6.45, 7) is 5.42. The van der Waals surface area contributed by atoms with Crippen LogP contribution in [0.25, 0.3) is 0 Å². The van der Waals surface area contributed by atoms with E-state index >= 15 is 0 Å². The van der Waals surface area contributed by atoms with Crippen molar-refractivity contribution < 1.29 is 14.6 Å². The topological polar surface area (TPSA) is 49.8 Å². The third-order valence-electron chi connectivity index (χ3n) is 9.41. The molecule has 0 radical (unpaired) electrons. The van der Waals surface area contributed by atoms with E-state index in [1.165, 1.54) is 22.4 Å². The Bertz CT molecular complexity index is 991. The maximum Gasteiger partial charge on any atom is 0.156 e. The minimum Gasteiger partial charge on any atom is -0.387 e. The van der Waals surface area contributed by atoms with E-state index in [1.54, 1.807) is 5.57 Å². The molecule has 0 aromatic heterocycles. The number of ketones is 1. The highest BCUT2D eigenvalue weighted by molar-refractivity contribution is 5.93. The predicted octanol–water partition coefficient (Wildman–Crippen LogP) is 5.42. The van der Waals surface area contributed by atoms with Crippen LogP contribution in [0.5, 0.6) is 0 Å². The highest BCUT2D eigenvalue weighted by Crippen LogP contribution is 2.66. The molecule has 4 heteroatoms. The lowest BCUT2D eigenvalue weighted by Crippen LogP contribution is -2.53. The van der Waals surface area contributed by atoms with Gasteiger partial charge in [0.25, 0.3) is 0 Å². The maximum atomic E-state index is 12.2. The maximum absolute atomic E-state index is 12.2. The molecule has 0 amide bonds. The molecule has 1 N–H and O–H groups in total. The first kappa shape index (κ1) is 22.9. The molecule has 0 aliphatic heterocycles. The summed E-state index contributed by atoms with van der Waals surface area (Å²) >= 11 is 0. The second-order valence-electron chi connectivity index (χ2n) is 11.2.